The van der Waals surface area contributed by atoms with Crippen molar-refractivity contribution in [2.75, 3.05) is 0 Å². The van der Waals surface area contributed by atoms with E-state index in [1.807, 2.05) is 34.0 Å². The Kier molecular flexibility index (Phi) is 7.50. The topological polar surface area (TPSA) is 0 Å². The minimum absolute atomic E-state index is 1.23. The third kappa shape index (κ3) is 5.51. The van der Waals surface area contributed by atoms with E-state index in [9.17, 15) is 0 Å². The van der Waals surface area contributed by atoms with Crippen LogP contribution in [-0.2, 0) is 0 Å². The average Bonchev–Trinajstić information content (AvgIpc) is 3.99. The molecule has 10 aromatic rings. The number of benzene rings is 7. The molecule has 0 aliphatic rings. The van der Waals surface area contributed by atoms with Gasteiger partial charge in [-0.25, -0.2) is 0 Å². The summed E-state index contributed by atoms with van der Waals surface area (Å²) < 4.78 is 0. The maximum absolute atomic E-state index is 2.41. The molecule has 0 unspecified atom stereocenters. The van der Waals surface area contributed by atoms with Gasteiger partial charge in [0.15, 0.2) is 0 Å². The van der Waals surface area contributed by atoms with E-state index in [2.05, 4.69) is 180 Å². The van der Waals surface area contributed by atoms with E-state index >= 15 is 0 Å². The summed E-state index contributed by atoms with van der Waals surface area (Å²) in [7, 11) is 0. The van der Waals surface area contributed by atoms with Gasteiger partial charge in [0.05, 0.1) is 0 Å². The summed E-state index contributed by atoms with van der Waals surface area (Å²) in [5, 5.41) is 14.3. The van der Waals surface area contributed by atoms with Gasteiger partial charge in [-0.15, -0.1) is 34.0 Å². The van der Waals surface area contributed by atoms with Crippen molar-refractivity contribution in [3.63, 3.8) is 0 Å². The Morgan fingerprint density at radius 3 is 0.843 bits per heavy atom. The molecule has 0 radical (unpaired) electrons. The van der Waals surface area contributed by atoms with Crippen molar-refractivity contribution in [1.29, 1.82) is 0 Å². The lowest BCUT2D eigenvalue weighted by molar-refractivity contribution is 1.61. The van der Waals surface area contributed by atoms with E-state index in [1.165, 1.54) is 97.0 Å². The SMILES string of the molecule is c1ccc2cc(-c3sccc3-c3cc(-c4ccsc4-c4ccc5ccccc5c4)cc(-c4ccsc4-c4ccc5ccccc5c4)c3)ccc2c1. The molecule has 0 saturated carbocycles. The predicted octanol–water partition coefficient (Wildman–Crippen LogP) is 15.3. The van der Waals surface area contributed by atoms with Gasteiger partial charge < -0.3 is 0 Å². The second-order valence-electron chi connectivity index (χ2n) is 13.0. The lowest BCUT2D eigenvalue weighted by atomic mass is 9.91. The summed E-state index contributed by atoms with van der Waals surface area (Å²) in [6.45, 7) is 0. The molecule has 0 spiro atoms. The van der Waals surface area contributed by atoms with Crippen molar-refractivity contribution in [3.05, 3.63) is 180 Å². The van der Waals surface area contributed by atoms with Gasteiger partial charge in [-0.1, -0.05) is 109 Å². The maximum Gasteiger partial charge on any atom is 0.0421 e. The van der Waals surface area contributed by atoms with Crippen molar-refractivity contribution >= 4 is 66.3 Å². The fourth-order valence-corrected chi connectivity index (χ4v) is 10.1. The molecule has 51 heavy (non-hydrogen) atoms. The van der Waals surface area contributed by atoms with E-state index in [1.54, 1.807) is 0 Å². The summed E-state index contributed by atoms with van der Waals surface area (Å²) >= 11 is 5.46. The first-order valence-electron chi connectivity index (χ1n) is 17.1. The Hall–Kier alpha value is -5.58. The summed E-state index contributed by atoms with van der Waals surface area (Å²) in [4.78, 5) is 3.89. The van der Waals surface area contributed by atoms with E-state index < -0.39 is 0 Å². The van der Waals surface area contributed by atoms with Crippen LogP contribution in [0.25, 0.3) is 97.0 Å². The number of rotatable bonds is 6. The van der Waals surface area contributed by atoms with Crippen LogP contribution in [-0.4, -0.2) is 0 Å². The molecular weight excluding hydrogens is 673 g/mol. The number of hydrogen-bond donors (Lipinski definition) is 0. The quantitative estimate of drug-likeness (QED) is 0.162. The van der Waals surface area contributed by atoms with Gasteiger partial charge in [-0.3, -0.25) is 0 Å². The number of fused-ring (bicyclic) bond motifs is 3. The normalized spacial score (nSPS) is 11.5. The van der Waals surface area contributed by atoms with Crippen LogP contribution in [0.4, 0.5) is 0 Å². The van der Waals surface area contributed by atoms with Gasteiger partial charge in [0.25, 0.3) is 0 Å². The minimum Gasteiger partial charge on any atom is -0.143 e. The first-order chi connectivity index (χ1) is 25.2. The molecule has 0 aliphatic carbocycles. The monoisotopic (exact) mass is 702 g/mol. The Labute approximate surface area is 309 Å². The van der Waals surface area contributed by atoms with Crippen LogP contribution >= 0.6 is 34.0 Å². The van der Waals surface area contributed by atoms with Crippen LogP contribution in [0.15, 0.2) is 180 Å². The lowest BCUT2D eigenvalue weighted by Crippen LogP contribution is -1.88. The average molecular weight is 703 g/mol. The Morgan fingerprint density at radius 1 is 0.235 bits per heavy atom. The summed E-state index contributed by atoms with van der Waals surface area (Å²) in [5.74, 6) is 0. The highest BCUT2D eigenvalue weighted by Crippen LogP contribution is 2.46. The molecule has 0 nitrogen and oxygen atoms in total. The summed E-state index contributed by atoms with van der Waals surface area (Å²) in [6.07, 6.45) is 0. The Balaban J connectivity index is 1.16. The van der Waals surface area contributed by atoms with Crippen molar-refractivity contribution in [2.24, 2.45) is 0 Å². The molecule has 0 amide bonds. The van der Waals surface area contributed by atoms with Gasteiger partial charge in [-0.2, -0.15) is 0 Å². The zero-order chi connectivity index (χ0) is 33.7. The third-order valence-corrected chi connectivity index (χ3v) is 12.8. The highest BCUT2D eigenvalue weighted by molar-refractivity contribution is 7.15. The third-order valence-electron chi connectivity index (χ3n) is 9.90. The van der Waals surface area contributed by atoms with Crippen LogP contribution in [0.2, 0.25) is 0 Å². The van der Waals surface area contributed by atoms with Crippen LogP contribution < -0.4 is 0 Å². The summed E-state index contributed by atoms with van der Waals surface area (Å²) in [6, 6.07) is 60.6. The molecule has 0 saturated heterocycles. The zero-order valence-electron chi connectivity index (χ0n) is 27.5. The molecule has 0 fully saturated rings. The second kappa shape index (κ2) is 12.6. The van der Waals surface area contributed by atoms with Gasteiger partial charge in [0.1, 0.15) is 0 Å². The van der Waals surface area contributed by atoms with Gasteiger partial charge >= 0.3 is 0 Å². The molecule has 3 heteroatoms. The molecule has 7 aromatic carbocycles. The molecule has 3 aromatic heterocycles. The molecule has 240 valence electrons. The Morgan fingerprint density at radius 2 is 0.529 bits per heavy atom. The maximum atomic E-state index is 2.41. The van der Waals surface area contributed by atoms with Gasteiger partial charge in [0, 0.05) is 31.3 Å². The smallest absolute Gasteiger partial charge is 0.0421 e. The van der Waals surface area contributed by atoms with Crippen molar-refractivity contribution in [3.8, 4) is 64.7 Å². The minimum atomic E-state index is 1.23. The number of thiophene rings is 3. The van der Waals surface area contributed by atoms with Gasteiger partial charge in [-0.05, 0) is 136 Å². The molecule has 10 rings (SSSR count). The van der Waals surface area contributed by atoms with E-state index in [-0.39, 0.29) is 0 Å². The van der Waals surface area contributed by atoms with Crippen LogP contribution in [0.1, 0.15) is 0 Å². The fraction of sp³-hybridized carbons (Fsp3) is 0. The predicted molar refractivity (Wildman–Crippen MR) is 225 cm³/mol. The lowest BCUT2D eigenvalue weighted by Gasteiger charge is -2.14. The van der Waals surface area contributed by atoms with Crippen molar-refractivity contribution in [2.45, 2.75) is 0 Å². The van der Waals surface area contributed by atoms with E-state index in [4.69, 9.17) is 0 Å². The summed E-state index contributed by atoms with van der Waals surface area (Å²) in [5.41, 5.74) is 11.3. The molecular formula is C48H30S3. The highest BCUT2D eigenvalue weighted by Gasteiger charge is 2.18. The molecule has 0 N–H and O–H groups in total. The van der Waals surface area contributed by atoms with Crippen LogP contribution in [0.3, 0.4) is 0 Å². The van der Waals surface area contributed by atoms with E-state index in [0.717, 1.165) is 0 Å². The Bertz CT molecular complexity index is 2550. The largest absolute Gasteiger partial charge is 0.143 e. The standard InChI is InChI=1S/C48H30S3/c1-4-10-34-25-37(16-13-31(34)7-1)46-43(19-22-49-46)40-28-41(44-20-23-50-47(44)38-17-14-32-8-2-5-11-35(32)26-38)30-42(29-40)45-21-24-51-48(45)39-18-15-33-9-3-6-12-36(33)27-39/h1-30H. The highest BCUT2D eigenvalue weighted by atomic mass is 32.1. The van der Waals surface area contributed by atoms with Crippen LogP contribution in [0.5, 0.6) is 0 Å². The molecule has 0 atom stereocenters. The fourth-order valence-electron chi connectivity index (χ4n) is 7.37. The molecule has 0 aliphatic heterocycles. The molecule has 3 heterocycles. The molecule has 0 bridgehead atoms. The van der Waals surface area contributed by atoms with Crippen LogP contribution in [0, 0.1) is 0 Å². The van der Waals surface area contributed by atoms with Crippen molar-refractivity contribution < 1.29 is 0 Å². The van der Waals surface area contributed by atoms with Crippen molar-refractivity contribution in [1.82, 2.24) is 0 Å². The van der Waals surface area contributed by atoms with E-state index in [0.29, 0.717) is 0 Å². The zero-order valence-corrected chi connectivity index (χ0v) is 30.0. The first kappa shape index (κ1) is 30.3. The first-order valence-corrected chi connectivity index (χ1v) is 19.8. The second-order valence-corrected chi connectivity index (χ2v) is 15.7. The van der Waals surface area contributed by atoms with Gasteiger partial charge in [0.2, 0.25) is 0 Å². The number of hydrogen-bond acceptors (Lipinski definition) is 3.